The maximum absolute atomic E-state index is 11.7. The summed E-state index contributed by atoms with van der Waals surface area (Å²) in [6, 6.07) is 12.1. The molecule has 0 bridgehead atoms. The van der Waals surface area contributed by atoms with Crippen LogP contribution in [0.25, 0.3) is 10.8 Å². The van der Waals surface area contributed by atoms with Gasteiger partial charge in [-0.15, -0.1) is 0 Å². The molecule has 1 aliphatic carbocycles. The zero-order valence-electron chi connectivity index (χ0n) is 12.2. The van der Waals surface area contributed by atoms with E-state index in [9.17, 15) is 4.79 Å². The molecule has 0 aliphatic heterocycles. The van der Waals surface area contributed by atoms with Crippen LogP contribution in [-0.4, -0.2) is 19.7 Å². The summed E-state index contributed by atoms with van der Waals surface area (Å²) in [6.45, 7) is 1.34. The number of urea groups is 1. The average molecular weight is 284 g/mol. The molecular formula is C17H20N2O2. The fourth-order valence-electron chi connectivity index (χ4n) is 2.31. The molecular weight excluding hydrogens is 264 g/mol. The number of hydrogen-bond donors (Lipinski definition) is 2. The van der Waals surface area contributed by atoms with Crippen LogP contribution in [0.3, 0.4) is 0 Å². The summed E-state index contributed by atoms with van der Waals surface area (Å²) in [5, 5.41) is 8.08. The van der Waals surface area contributed by atoms with E-state index in [1.54, 1.807) is 7.11 Å². The molecule has 1 saturated carbocycles. The zero-order chi connectivity index (χ0) is 14.7. The Hall–Kier alpha value is -2.23. The van der Waals surface area contributed by atoms with Gasteiger partial charge < -0.3 is 15.4 Å². The minimum Gasteiger partial charge on any atom is -0.497 e. The highest BCUT2D eigenvalue weighted by Gasteiger charge is 2.21. The van der Waals surface area contributed by atoms with Crippen LogP contribution in [0, 0.1) is 5.92 Å². The van der Waals surface area contributed by atoms with E-state index < -0.39 is 0 Å². The van der Waals surface area contributed by atoms with Crippen LogP contribution in [0.1, 0.15) is 18.4 Å². The van der Waals surface area contributed by atoms with Crippen molar-refractivity contribution >= 4 is 16.8 Å². The first kappa shape index (κ1) is 13.7. The molecule has 110 valence electrons. The quantitative estimate of drug-likeness (QED) is 0.886. The molecule has 1 aliphatic rings. The van der Waals surface area contributed by atoms with E-state index in [4.69, 9.17) is 4.74 Å². The number of amides is 2. The summed E-state index contributed by atoms with van der Waals surface area (Å²) in [4.78, 5) is 11.7. The lowest BCUT2D eigenvalue weighted by Crippen LogP contribution is -2.36. The Kier molecular flexibility index (Phi) is 3.95. The maximum Gasteiger partial charge on any atom is 0.315 e. The fourth-order valence-corrected chi connectivity index (χ4v) is 2.31. The summed E-state index contributed by atoms with van der Waals surface area (Å²) in [7, 11) is 1.67. The number of nitrogens with one attached hydrogen (secondary N) is 2. The summed E-state index contributed by atoms with van der Waals surface area (Å²) in [6.07, 6.45) is 2.49. The zero-order valence-corrected chi connectivity index (χ0v) is 12.2. The van der Waals surface area contributed by atoms with Crippen LogP contribution in [0.4, 0.5) is 4.79 Å². The van der Waals surface area contributed by atoms with E-state index >= 15 is 0 Å². The second kappa shape index (κ2) is 6.04. The van der Waals surface area contributed by atoms with Crippen LogP contribution in [0.5, 0.6) is 5.75 Å². The third kappa shape index (κ3) is 3.66. The Morgan fingerprint density at radius 3 is 2.67 bits per heavy atom. The molecule has 2 N–H and O–H groups in total. The van der Waals surface area contributed by atoms with Crippen LogP contribution < -0.4 is 15.4 Å². The van der Waals surface area contributed by atoms with Gasteiger partial charge in [-0.1, -0.05) is 18.2 Å². The minimum absolute atomic E-state index is 0.0864. The van der Waals surface area contributed by atoms with Gasteiger partial charge in [-0.25, -0.2) is 4.79 Å². The Morgan fingerprint density at radius 1 is 1.14 bits per heavy atom. The fraction of sp³-hybridized carbons (Fsp3) is 0.353. The third-order valence-electron chi connectivity index (χ3n) is 3.81. The Labute approximate surface area is 124 Å². The molecule has 0 radical (unpaired) electrons. The summed E-state index contributed by atoms with van der Waals surface area (Å²) >= 11 is 0. The van der Waals surface area contributed by atoms with Gasteiger partial charge in [0.05, 0.1) is 7.11 Å². The normalized spacial score (nSPS) is 14.0. The first-order valence-electron chi connectivity index (χ1n) is 7.33. The molecule has 0 saturated heterocycles. The van der Waals surface area contributed by atoms with E-state index in [0.29, 0.717) is 12.5 Å². The molecule has 1 fully saturated rings. The Balaban J connectivity index is 1.59. The predicted octanol–water partition coefficient (Wildman–Crippen LogP) is 3.06. The lowest BCUT2D eigenvalue weighted by Gasteiger charge is -2.08. The summed E-state index contributed by atoms with van der Waals surface area (Å²) < 4.78 is 5.22. The maximum atomic E-state index is 11.7. The number of carbonyl (C=O) groups excluding carboxylic acids is 1. The lowest BCUT2D eigenvalue weighted by atomic mass is 10.1. The highest BCUT2D eigenvalue weighted by molar-refractivity contribution is 5.84. The Morgan fingerprint density at radius 2 is 1.90 bits per heavy atom. The van der Waals surface area contributed by atoms with E-state index in [2.05, 4.69) is 22.8 Å². The SMILES string of the molecule is COc1ccc2cc(CNC(=O)NCC3CC3)ccc2c1. The average Bonchev–Trinajstić information content (AvgIpc) is 3.34. The number of rotatable bonds is 5. The molecule has 0 spiro atoms. The monoisotopic (exact) mass is 284 g/mol. The molecule has 4 heteroatoms. The van der Waals surface area contributed by atoms with Gasteiger partial charge >= 0.3 is 6.03 Å². The van der Waals surface area contributed by atoms with Crippen LogP contribution in [0.2, 0.25) is 0 Å². The topological polar surface area (TPSA) is 50.4 Å². The number of methoxy groups -OCH3 is 1. The van der Waals surface area contributed by atoms with Crippen LogP contribution >= 0.6 is 0 Å². The number of fused-ring (bicyclic) bond motifs is 1. The van der Waals surface area contributed by atoms with Crippen molar-refractivity contribution in [1.82, 2.24) is 10.6 Å². The summed E-state index contributed by atoms with van der Waals surface area (Å²) in [5.74, 6) is 1.55. The van der Waals surface area contributed by atoms with Gasteiger partial charge in [0, 0.05) is 13.1 Å². The highest BCUT2D eigenvalue weighted by atomic mass is 16.5. The molecule has 2 aromatic rings. The second-order valence-electron chi connectivity index (χ2n) is 5.55. The Bertz CT molecular complexity index is 650. The molecule has 21 heavy (non-hydrogen) atoms. The minimum atomic E-state index is -0.0864. The van der Waals surface area contributed by atoms with Crippen molar-refractivity contribution in [3.63, 3.8) is 0 Å². The molecule has 0 unspecified atom stereocenters. The standard InChI is InChI=1S/C17H20N2O2/c1-21-16-7-6-14-8-13(4-5-15(14)9-16)11-19-17(20)18-10-12-2-3-12/h4-9,12H,2-3,10-11H2,1H3,(H2,18,19,20). The molecule has 0 atom stereocenters. The lowest BCUT2D eigenvalue weighted by molar-refractivity contribution is 0.240. The van der Waals surface area contributed by atoms with E-state index in [1.807, 2.05) is 24.3 Å². The van der Waals surface area contributed by atoms with Gasteiger partial charge in [0.15, 0.2) is 0 Å². The van der Waals surface area contributed by atoms with Crippen molar-refractivity contribution in [2.75, 3.05) is 13.7 Å². The molecule has 0 heterocycles. The smallest absolute Gasteiger partial charge is 0.315 e. The van der Waals surface area contributed by atoms with Crippen molar-refractivity contribution < 1.29 is 9.53 Å². The van der Waals surface area contributed by atoms with Crippen LogP contribution in [0.15, 0.2) is 36.4 Å². The first-order chi connectivity index (χ1) is 10.2. The van der Waals surface area contributed by atoms with Gasteiger partial charge in [0.2, 0.25) is 0 Å². The number of carbonyl (C=O) groups is 1. The van der Waals surface area contributed by atoms with Gasteiger partial charge in [-0.3, -0.25) is 0 Å². The highest BCUT2D eigenvalue weighted by Crippen LogP contribution is 2.27. The van der Waals surface area contributed by atoms with Crippen molar-refractivity contribution in [2.24, 2.45) is 5.92 Å². The second-order valence-corrected chi connectivity index (χ2v) is 5.55. The molecule has 4 nitrogen and oxygen atoms in total. The molecule has 2 amide bonds. The number of ether oxygens (including phenoxy) is 1. The molecule has 2 aromatic carbocycles. The molecule has 3 rings (SSSR count). The van der Waals surface area contributed by atoms with Gasteiger partial charge in [0.1, 0.15) is 5.75 Å². The van der Waals surface area contributed by atoms with E-state index in [0.717, 1.165) is 28.6 Å². The van der Waals surface area contributed by atoms with E-state index in [1.165, 1.54) is 12.8 Å². The van der Waals surface area contributed by atoms with Crippen molar-refractivity contribution in [2.45, 2.75) is 19.4 Å². The largest absolute Gasteiger partial charge is 0.497 e. The number of hydrogen-bond acceptors (Lipinski definition) is 2. The van der Waals surface area contributed by atoms with Crippen molar-refractivity contribution in [1.29, 1.82) is 0 Å². The van der Waals surface area contributed by atoms with Gasteiger partial charge in [0.25, 0.3) is 0 Å². The van der Waals surface area contributed by atoms with Gasteiger partial charge in [-0.05, 0) is 53.3 Å². The molecule has 0 aromatic heterocycles. The van der Waals surface area contributed by atoms with Gasteiger partial charge in [-0.2, -0.15) is 0 Å². The first-order valence-corrected chi connectivity index (χ1v) is 7.33. The van der Waals surface area contributed by atoms with Crippen LogP contribution in [-0.2, 0) is 6.54 Å². The van der Waals surface area contributed by atoms with Crippen molar-refractivity contribution in [3.05, 3.63) is 42.0 Å². The third-order valence-corrected chi connectivity index (χ3v) is 3.81. The van der Waals surface area contributed by atoms with Crippen molar-refractivity contribution in [3.8, 4) is 5.75 Å². The predicted molar refractivity (Wildman–Crippen MR) is 83.5 cm³/mol. The summed E-state index contributed by atoms with van der Waals surface area (Å²) in [5.41, 5.74) is 1.09. The number of benzene rings is 2. The van der Waals surface area contributed by atoms with E-state index in [-0.39, 0.29) is 6.03 Å².